The Morgan fingerprint density at radius 2 is 1.81 bits per heavy atom. The molecule has 1 amide bonds. The molecule has 7 heteroatoms. The second-order valence-corrected chi connectivity index (χ2v) is 8.09. The summed E-state index contributed by atoms with van der Waals surface area (Å²) in [5, 5.41) is 4.85. The van der Waals surface area contributed by atoms with Crippen molar-refractivity contribution in [1.29, 1.82) is 0 Å². The number of amides is 1. The van der Waals surface area contributed by atoms with E-state index in [9.17, 15) is 18.8 Å². The van der Waals surface area contributed by atoms with Gasteiger partial charge >= 0.3 is 0 Å². The van der Waals surface area contributed by atoms with Crippen molar-refractivity contribution in [3.8, 4) is 0 Å². The summed E-state index contributed by atoms with van der Waals surface area (Å²) < 4.78 is 13.2. The molecule has 0 aliphatic heterocycles. The third-order valence-electron chi connectivity index (χ3n) is 4.11. The molecular weight excluding hydrogens is 389 g/mol. The van der Waals surface area contributed by atoms with Gasteiger partial charge in [0.05, 0.1) is 10.4 Å². The molecule has 0 saturated carbocycles. The highest BCUT2D eigenvalue weighted by Crippen LogP contribution is 2.28. The van der Waals surface area contributed by atoms with Crippen LogP contribution < -0.4 is 5.32 Å². The molecule has 2 aromatic rings. The van der Waals surface area contributed by atoms with E-state index in [-0.39, 0.29) is 48.2 Å². The van der Waals surface area contributed by atoms with E-state index in [1.165, 1.54) is 29.5 Å². The smallest absolute Gasteiger partial charge is 0.221 e. The van der Waals surface area contributed by atoms with E-state index >= 15 is 0 Å². The van der Waals surface area contributed by atoms with Gasteiger partial charge in [0.25, 0.3) is 0 Å². The van der Waals surface area contributed by atoms with Gasteiger partial charge in [-0.1, -0.05) is 23.7 Å². The lowest BCUT2D eigenvalue weighted by Gasteiger charge is -2.28. The standard InChI is InChI=1S/C20H21ClFNO3S/c1-20(2,15-8-5-13(22)12-16(15)21)23-19(26)10-7-14(24)6-9-17(25)18-4-3-11-27-18/h3-5,8,11-12H,6-7,9-10H2,1-2H3,(H,23,26). The Kier molecular flexibility index (Phi) is 7.27. The topological polar surface area (TPSA) is 63.2 Å². The number of hydrogen-bond acceptors (Lipinski definition) is 4. The van der Waals surface area contributed by atoms with Crippen LogP contribution in [0.15, 0.2) is 35.7 Å². The summed E-state index contributed by atoms with van der Waals surface area (Å²) in [6.45, 7) is 3.51. The zero-order chi connectivity index (χ0) is 20.0. The van der Waals surface area contributed by atoms with E-state index in [4.69, 9.17) is 11.6 Å². The molecule has 0 fully saturated rings. The Bertz CT molecular complexity index is 834. The normalized spacial score (nSPS) is 11.3. The van der Waals surface area contributed by atoms with Gasteiger partial charge in [-0.05, 0) is 43.0 Å². The molecule has 1 N–H and O–H groups in total. The number of benzene rings is 1. The monoisotopic (exact) mass is 409 g/mol. The maximum atomic E-state index is 13.2. The van der Waals surface area contributed by atoms with E-state index in [0.717, 1.165) is 0 Å². The predicted molar refractivity (Wildman–Crippen MR) is 105 cm³/mol. The lowest BCUT2D eigenvalue weighted by atomic mass is 9.93. The summed E-state index contributed by atoms with van der Waals surface area (Å²) in [4.78, 5) is 36.7. The Morgan fingerprint density at radius 3 is 2.44 bits per heavy atom. The highest BCUT2D eigenvalue weighted by atomic mass is 35.5. The maximum absolute atomic E-state index is 13.2. The first kappa shape index (κ1) is 21.3. The van der Waals surface area contributed by atoms with E-state index in [0.29, 0.717) is 10.4 Å². The van der Waals surface area contributed by atoms with Crippen molar-refractivity contribution in [2.75, 3.05) is 0 Å². The number of halogens is 2. The van der Waals surface area contributed by atoms with Crippen LogP contribution in [0.5, 0.6) is 0 Å². The largest absolute Gasteiger partial charge is 0.347 e. The van der Waals surface area contributed by atoms with Gasteiger partial charge < -0.3 is 5.32 Å². The summed E-state index contributed by atoms with van der Waals surface area (Å²) in [5.41, 5.74) is -0.216. The third-order valence-corrected chi connectivity index (χ3v) is 5.34. The minimum Gasteiger partial charge on any atom is -0.347 e. The Balaban J connectivity index is 1.81. The lowest BCUT2D eigenvalue weighted by Crippen LogP contribution is -2.41. The van der Waals surface area contributed by atoms with Crippen molar-refractivity contribution in [2.45, 2.75) is 45.1 Å². The van der Waals surface area contributed by atoms with Gasteiger partial charge in [0.1, 0.15) is 11.6 Å². The maximum Gasteiger partial charge on any atom is 0.221 e. The first-order chi connectivity index (χ1) is 12.7. The molecule has 0 saturated heterocycles. The molecule has 0 spiro atoms. The molecule has 1 aromatic heterocycles. The van der Waals surface area contributed by atoms with Gasteiger partial charge in [-0.3, -0.25) is 14.4 Å². The van der Waals surface area contributed by atoms with Crippen molar-refractivity contribution < 1.29 is 18.8 Å². The van der Waals surface area contributed by atoms with Gasteiger partial charge in [0, 0.05) is 30.7 Å². The van der Waals surface area contributed by atoms with E-state index in [2.05, 4.69) is 5.32 Å². The number of rotatable bonds is 9. The van der Waals surface area contributed by atoms with Crippen molar-refractivity contribution in [3.63, 3.8) is 0 Å². The van der Waals surface area contributed by atoms with Crippen LogP contribution in [0.4, 0.5) is 4.39 Å². The van der Waals surface area contributed by atoms with Crippen LogP contribution in [0, 0.1) is 5.82 Å². The lowest BCUT2D eigenvalue weighted by molar-refractivity contribution is -0.126. The van der Waals surface area contributed by atoms with Crippen LogP contribution in [0.25, 0.3) is 0 Å². The first-order valence-corrected chi connectivity index (χ1v) is 9.80. The highest BCUT2D eigenvalue weighted by Gasteiger charge is 2.25. The summed E-state index contributed by atoms with van der Waals surface area (Å²) in [6, 6.07) is 7.52. The third kappa shape index (κ3) is 6.26. The Morgan fingerprint density at radius 1 is 1.11 bits per heavy atom. The average Bonchev–Trinajstić information content (AvgIpc) is 3.11. The van der Waals surface area contributed by atoms with Crippen molar-refractivity contribution in [3.05, 3.63) is 57.0 Å². The van der Waals surface area contributed by atoms with Crippen LogP contribution in [-0.2, 0) is 15.1 Å². The minimum absolute atomic E-state index is 0.0221. The molecule has 1 heterocycles. The zero-order valence-corrected chi connectivity index (χ0v) is 16.8. The molecule has 144 valence electrons. The van der Waals surface area contributed by atoms with Crippen LogP contribution in [0.1, 0.15) is 54.8 Å². The van der Waals surface area contributed by atoms with Crippen molar-refractivity contribution in [1.82, 2.24) is 5.32 Å². The van der Waals surface area contributed by atoms with Gasteiger partial charge in [-0.2, -0.15) is 0 Å². The number of carbonyl (C=O) groups is 3. The second-order valence-electron chi connectivity index (χ2n) is 6.74. The van der Waals surface area contributed by atoms with Crippen LogP contribution in [0.3, 0.4) is 0 Å². The molecule has 0 aliphatic carbocycles. The van der Waals surface area contributed by atoms with Gasteiger partial charge in [0.2, 0.25) is 5.91 Å². The molecule has 4 nitrogen and oxygen atoms in total. The van der Waals surface area contributed by atoms with E-state index < -0.39 is 11.4 Å². The molecule has 2 rings (SSSR count). The number of nitrogens with one attached hydrogen (secondary N) is 1. The van der Waals surface area contributed by atoms with Crippen molar-refractivity contribution >= 4 is 40.4 Å². The molecule has 0 atom stereocenters. The van der Waals surface area contributed by atoms with Gasteiger partial charge in [0.15, 0.2) is 5.78 Å². The molecule has 0 bridgehead atoms. The van der Waals surface area contributed by atoms with E-state index in [1.807, 2.05) is 5.38 Å². The van der Waals surface area contributed by atoms with Crippen LogP contribution >= 0.6 is 22.9 Å². The second kappa shape index (κ2) is 9.24. The van der Waals surface area contributed by atoms with Crippen LogP contribution in [-0.4, -0.2) is 17.5 Å². The predicted octanol–water partition coefficient (Wildman–Crippen LogP) is 4.90. The number of carbonyl (C=O) groups excluding carboxylic acids is 3. The summed E-state index contributed by atoms with van der Waals surface area (Å²) in [5.74, 6) is -0.950. The number of hydrogen-bond donors (Lipinski definition) is 1. The fraction of sp³-hybridized carbons (Fsp3) is 0.350. The minimum atomic E-state index is -0.806. The quantitative estimate of drug-likeness (QED) is 0.599. The van der Waals surface area contributed by atoms with E-state index in [1.54, 1.807) is 26.0 Å². The summed E-state index contributed by atoms with van der Waals surface area (Å²) in [6.07, 6.45) is 0.361. The van der Waals surface area contributed by atoms with Gasteiger partial charge in [-0.25, -0.2) is 4.39 Å². The Labute approximate surface area is 166 Å². The average molecular weight is 410 g/mol. The first-order valence-electron chi connectivity index (χ1n) is 8.54. The van der Waals surface area contributed by atoms with Gasteiger partial charge in [-0.15, -0.1) is 11.3 Å². The fourth-order valence-electron chi connectivity index (χ4n) is 2.67. The number of ketones is 2. The zero-order valence-electron chi connectivity index (χ0n) is 15.2. The number of thiophene rings is 1. The molecular formula is C20H21ClFNO3S. The molecule has 0 aliphatic rings. The highest BCUT2D eigenvalue weighted by molar-refractivity contribution is 7.12. The number of Topliss-reactive ketones (excluding diaryl/α,β-unsaturated/α-hetero) is 2. The van der Waals surface area contributed by atoms with Crippen LogP contribution in [0.2, 0.25) is 5.02 Å². The molecule has 0 unspecified atom stereocenters. The molecule has 27 heavy (non-hydrogen) atoms. The summed E-state index contributed by atoms with van der Waals surface area (Å²) >= 11 is 7.41. The summed E-state index contributed by atoms with van der Waals surface area (Å²) in [7, 11) is 0. The molecule has 0 radical (unpaired) electrons. The van der Waals surface area contributed by atoms with Crippen molar-refractivity contribution in [2.24, 2.45) is 0 Å². The molecule has 1 aromatic carbocycles. The fourth-order valence-corrected chi connectivity index (χ4v) is 3.76. The Hall–Kier alpha value is -2.05. The SMILES string of the molecule is CC(C)(NC(=O)CCC(=O)CCC(=O)c1cccs1)c1ccc(F)cc1Cl.